The molecule has 3 aromatic rings. The van der Waals surface area contributed by atoms with Crippen molar-refractivity contribution in [2.45, 2.75) is 19.9 Å². The number of benzene rings is 1. The van der Waals surface area contributed by atoms with Crippen LogP contribution in [0.25, 0.3) is 10.9 Å². The third kappa shape index (κ3) is 2.13. The lowest BCUT2D eigenvalue weighted by molar-refractivity contribution is -0.384. The van der Waals surface area contributed by atoms with E-state index in [1.165, 1.54) is 6.07 Å². The van der Waals surface area contributed by atoms with Gasteiger partial charge in [0.25, 0.3) is 5.69 Å². The molecule has 0 atom stereocenters. The van der Waals surface area contributed by atoms with Crippen molar-refractivity contribution < 1.29 is 9.34 Å². The molecule has 0 saturated heterocycles. The first-order valence-electron chi connectivity index (χ1n) is 6.22. The van der Waals surface area contributed by atoms with Crippen LogP contribution < -0.4 is 0 Å². The Morgan fingerprint density at radius 1 is 1.30 bits per heavy atom. The van der Waals surface area contributed by atoms with Crippen molar-refractivity contribution in [2.75, 3.05) is 0 Å². The average Bonchev–Trinajstić information content (AvgIpc) is 3.06. The second-order valence-corrected chi connectivity index (χ2v) is 4.39. The number of fused-ring (bicyclic) bond motifs is 1. The largest absolute Gasteiger partial charge is 0.423 e. The summed E-state index contributed by atoms with van der Waals surface area (Å²) in [5, 5.41) is 19.6. The van der Waals surface area contributed by atoms with Crippen LogP contribution in [0.15, 0.2) is 34.9 Å². The van der Waals surface area contributed by atoms with Crippen molar-refractivity contribution in [1.82, 2.24) is 14.8 Å². The molecule has 102 valence electrons. The summed E-state index contributed by atoms with van der Waals surface area (Å²) in [4.78, 5) is 10.4. The molecule has 3 rings (SSSR count). The zero-order valence-electron chi connectivity index (χ0n) is 10.8. The zero-order valence-corrected chi connectivity index (χ0v) is 10.8. The minimum Gasteiger partial charge on any atom is -0.423 e. The molecule has 2 heterocycles. The lowest BCUT2D eigenvalue weighted by Crippen LogP contribution is -1.98. The fourth-order valence-electron chi connectivity index (χ4n) is 2.06. The van der Waals surface area contributed by atoms with Crippen molar-refractivity contribution in [1.29, 1.82) is 0 Å². The van der Waals surface area contributed by atoms with Crippen LogP contribution in [0.3, 0.4) is 0 Å². The molecule has 0 saturated carbocycles. The van der Waals surface area contributed by atoms with Gasteiger partial charge in [-0.3, -0.25) is 10.1 Å². The molecule has 0 unspecified atom stereocenters. The molecule has 0 aliphatic rings. The number of non-ortho nitro benzene ring substituents is 1. The molecule has 7 nitrogen and oxygen atoms in total. The van der Waals surface area contributed by atoms with Crippen molar-refractivity contribution in [3.8, 4) is 0 Å². The van der Waals surface area contributed by atoms with Crippen molar-refractivity contribution in [2.24, 2.45) is 0 Å². The zero-order chi connectivity index (χ0) is 14.1. The molecule has 1 aromatic carbocycles. The number of aromatic nitrogens is 3. The van der Waals surface area contributed by atoms with Gasteiger partial charge < -0.3 is 8.98 Å². The molecule has 0 aliphatic heterocycles. The van der Waals surface area contributed by atoms with E-state index in [9.17, 15) is 10.1 Å². The third-order valence-electron chi connectivity index (χ3n) is 3.09. The molecule has 0 radical (unpaired) electrons. The number of hydrogen-bond acceptors (Lipinski definition) is 5. The molecule has 2 aromatic heterocycles. The van der Waals surface area contributed by atoms with Gasteiger partial charge in [0.05, 0.1) is 10.4 Å². The summed E-state index contributed by atoms with van der Waals surface area (Å²) in [5.41, 5.74) is 0.840. The van der Waals surface area contributed by atoms with Gasteiger partial charge in [0, 0.05) is 30.1 Å². The number of aryl methyl sites for hydroxylation is 1. The van der Waals surface area contributed by atoms with E-state index in [0.29, 0.717) is 24.7 Å². The monoisotopic (exact) mass is 272 g/mol. The number of nitrogens with zero attached hydrogens (tertiary/aromatic N) is 4. The molecular weight excluding hydrogens is 260 g/mol. The predicted molar refractivity (Wildman–Crippen MR) is 71.4 cm³/mol. The summed E-state index contributed by atoms with van der Waals surface area (Å²) < 4.78 is 7.31. The van der Waals surface area contributed by atoms with E-state index in [4.69, 9.17) is 4.42 Å². The summed E-state index contributed by atoms with van der Waals surface area (Å²) in [6.45, 7) is 2.34. The highest BCUT2D eigenvalue weighted by Gasteiger charge is 2.11. The quantitative estimate of drug-likeness (QED) is 0.538. The second kappa shape index (κ2) is 4.76. The molecular formula is C13H12N4O3. The molecule has 0 fully saturated rings. The van der Waals surface area contributed by atoms with E-state index in [1.807, 2.05) is 23.8 Å². The maximum absolute atomic E-state index is 10.8. The molecule has 0 aliphatic carbocycles. The third-order valence-corrected chi connectivity index (χ3v) is 3.09. The Balaban J connectivity index is 1.98. The normalized spacial score (nSPS) is 11.1. The minimum absolute atomic E-state index is 0.0669. The standard InChI is InChI=1S/C13H12N4O3/c1-2-12-14-15-13(20-12)8-16-6-5-9-3-4-10(17(18)19)7-11(9)16/h3-7H,2,8H2,1H3. The van der Waals surface area contributed by atoms with Crippen LogP contribution in [-0.4, -0.2) is 19.7 Å². The second-order valence-electron chi connectivity index (χ2n) is 4.39. The Labute approximate surface area is 114 Å². The fourth-order valence-corrected chi connectivity index (χ4v) is 2.06. The van der Waals surface area contributed by atoms with E-state index >= 15 is 0 Å². The molecule has 0 bridgehead atoms. The molecule has 0 N–H and O–H groups in total. The molecule has 20 heavy (non-hydrogen) atoms. The van der Waals surface area contributed by atoms with Crippen LogP contribution in [0.4, 0.5) is 5.69 Å². The lowest BCUT2D eigenvalue weighted by atomic mass is 10.2. The lowest BCUT2D eigenvalue weighted by Gasteiger charge is -2.01. The van der Waals surface area contributed by atoms with Crippen molar-refractivity contribution >= 4 is 16.6 Å². The fraction of sp³-hybridized carbons (Fsp3) is 0.231. The summed E-state index contributed by atoms with van der Waals surface area (Å²) in [5.74, 6) is 1.08. The van der Waals surface area contributed by atoms with Gasteiger partial charge in [0.1, 0.15) is 6.54 Å². The van der Waals surface area contributed by atoms with Crippen LogP contribution in [0.1, 0.15) is 18.7 Å². The number of nitro groups is 1. The van der Waals surface area contributed by atoms with Crippen LogP contribution >= 0.6 is 0 Å². The first kappa shape index (κ1) is 12.3. The van der Waals surface area contributed by atoms with Gasteiger partial charge in [-0.25, -0.2) is 0 Å². The van der Waals surface area contributed by atoms with Crippen LogP contribution in [0, 0.1) is 10.1 Å². The van der Waals surface area contributed by atoms with E-state index in [2.05, 4.69) is 10.2 Å². The van der Waals surface area contributed by atoms with E-state index in [-0.39, 0.29) is 5.69 Å². The summed E-state index contributed by atoms with van der Waals surface area (Å²) >= 11 is 0. The van der Waals surface area contributed by atoms with Crippen molar-refractivity contribution in [3.05, 3.63) is 52.4 Å². The number of hydrogen-bond donors (Lipinski definition) is 0. The van der Waals surface area contributed by atoms with Gasteiger partial charge in [-0.1, -0.05) is 6.92 Å². The van der Waals surface area contributed by atoms with Crippen LogP contribution in [-0.2, 0) is 13.0 Å². The van der Waals surface area contributed by atoms with Crippen LogP contribution in [0.2, 0.25) is 0 Å². The molecule has 0 amide bonds. The Bertz CT molecular complexity index is 775. The number of nitro benzene ring substituents is 1. The Morgan fingerprint density at radius 2 is 2.10 bits per heavy atom. The van der Waals surface area contributed by atoms with Crippen LogP contribution in [0.5, 0.6) is 0 Å². The highest BCUT2D eigenvalue weighted by molar-refractivity contribution is 5.82. The summed E-state index contributed by atoms with van der Waals surface area (Å²) in [6.07, 6.45) is 2.54. The summed E-state index contributed by atoms with van der Waals surface area (Å²) in [7, 11) is 0. The topological polar surface area (TPSA) is 87.0 Å². The first-order chi connectivity index (χ1) is 9.67. The highest BCUT2D eigenvalue weighted by Crippen LogP contribution is 2.22. The highest BCUT2D eigenvalue weighted by atomic mass is 16.6. The Morgan fingerprint density at radius 3 is 2.80 bits per heavy atom. The molecule has 7 heteroatoms. The van der Waals surface area contributed by atoms with E-state index in [1.54, 1.807) is 12.1 Å². The van der Waals surface area contributed by atoms with Gasteiger partial charge in [-0.05, 0) is 12.1 Å². The van der Waals surface area contributed by atoms with Gasteiger partial charge in [-0.15, -0.1) is 10.2 Å². The smallest absolute Gasteiger partial charge is 0.271 e. The van der Waals surface area contributed by atoms with Gasteiger partial charge >= 0.3 is 0 Å². The molecule has 0 spiro atoms. The van der Waals surface area contributed by atoms with E-state index in [0.717, 1.165) is 10.9 Å². The minimum atomic E-state index is -0.404. The number of rotatable bonds is 4. The van der Waals surface area contributed by atoms with Crippen molar-refractivity contribution in [3.63, 3.8) is 0 Å². The SMILES string of the molecule is CCc1nnc(Cn2ccc3ccc([N+](=O)[O-])cc32)o1. The maximum Gasteiger partial charge on any atom is 0.271 e. The first-order valence-corrected chi connectivity index (χ1v) is 6.22. The van der Waals surface area contributed by atoms with Gasteiger partial charge in [0.2, 0.25) is 11.8 Å². The predicted octanol–water partition coefficient (Wildman–Crippen LogP) is 2.54. The summed E-state index contributed by atoms with van der Waals surface area (Å²) in [6, 6.07) is 6.67. The van der Waals surface area contributed by atoms with Gasteiger partial charge in [-0.2, -0.15) is 0 Å². The van der Waals surface area contributed by atoms with Gasteiger partial charge in [0.15, 0.2) is 0 Å². The van der Waals surface area contributed by atoms with E-state index < -0.39 is 4.92 Å². The Kier molecular flexibility index (Phi) is 2.94. The Hall–Kier alpha value is -2.70. The maximum atomic E-state index is 10.8. The average molecular weight is 272 g/mol.